The summed E-state index contributed by atoms with van der Waals surface area (Å²) >= 11 is 1.77. The van der Waals surface area contributed by atoms with Crippen LogP contribution in [0.25, 0.3) is 0 Å². The van der Waals surface area contributed by atoms with Crippen molar-refractivity contribution >= 4 is 29.2 Å². The number of hydrogen-bond acceptors (Lipinski definition) is 4. The number of unbranched alkanes of at least 4 members (excludes halogenated alkanes) is 11. The molecular weight excluding hydrogens is 509 g/mol. The summed E-state index contributed by atoms with van der Waals surface area (Å²) in [6, 6.07) is 11.9. The second-order valence-electron chi connectivity index (χ2n) is 10.3. The van der Waals surface area contributed by atoms with Gasteiger partial charge in [-0.1, -0.05) is 102 Å². The van der Waals surface area contributed by atoms with Crippen molar-refractivity contribution in [1.82, 2.24) is 4.90 Å². The average Bonchev–Trinajstić information content (AvgIpc) is 3.33. The lowest BCUT2D eigenvalue weighted by atomic mass is 10.1. The first-order valence-electron chi connectivity index (χ1n) is 14.7. The van der Waals surface area contributed by atoms with E-state index >= 15 is 0 Å². The van der Waals surface area contributed by atoms with E-state index in [1.807, 2.05) is 24.3 Å². The SMILES string of the molecule is CCCCCCCCCCCCCCOc1c(F)cccc1NC(=O)Nc1ccccc1CN1CSC=C1C. The van der Waals surface area contributed by atoms with Crippen LogP contribution in [-0.4, -0.2) is 23.4 Å². The summed E-state index contributed by atoms with van der Waals surface area (Å²) in [7, 11) is 0. The molecule has 0 fully saturated rings. The highest BCUT2D eigenvalue weighted by Gasteiger charge is 2.16. The molecule has 0 aromatic heterocycles. The number of benzene rings is 2. The van der Waals surface area contributed by atoms with E-state index in [1.165, 1.54) is 76.0 Å². The van der Waals surface area contributed by atoms with Crippen molar-refractivity contribution in [3.63, 3.8) is 0 Å². The molecule has 2 aromatic carbocycles. The highest BCUT2D eigenvalue weighted by molar-refractivity contribution is 8.02. The standard InChI is InChI=1S/C32H46FN3O2S/c1-3-4-5-6-7-8-9-10-11-12-13-16-22-38-31-28(33)19-17-21-30(31)35-32(37)34-29-20-15-14-18-27(29)23-36-25-39-24-26(36)2/h14-15,17-21,24H,3-13,16,22-23,25H2,1-2H3,(H2,34,35,37). The number of ether oxygens (including phenoxy) is 1. The van der Waals surface area contributed by atoms with Gasteiger partial charge in [-0.05, 0) is 42.5 Å². The first-order chi connectivity index (χ1) is 19.1. The summed E-state index contributed by atoms with van der Waals surface area (Å²) in [5.74, 6) is 0.523. The van der Waals surface area contributed by atoms with E-state index in [0.717, 1.165) is 30.0 Å². The zero-order valence-electron chi connectivity index (χ0n) is 23.8. The van der Waals surface area contributed by atoms with Crippen molar-refractivity contribution in [2.24, 2.45) is 0 Å². The quantitative estimate of drug-likeness (QED) is 0.180. The van der Waals surface area contributed by atoms with Crippen molar-refractivity contribution in [3.8, 4) is 5.75 Å². The largest absolute Gasteiger partial charge is 0.488 e. The predicted molar refractivity (Wildman–Crippen MR) is 164 cm³/mol. The van der Waals surface area contributed by atoms with E-state index in [9.17, 15) is 9.18 Å². The number of thioether (sulfide) groups is 1. The number of carbonyl (C=O) groups excluding carboxylic acids is 1. The Balaban J connectivity index is 1.39. The maximum absolute atomic E-state index is 14.6. The van der Waals surface area contributed by atoms with Gasteiger partial charge in [0.1, 0.15) is 0 Å². The molecule has 1 aliphatic rings. The van der Waals surface area contributed by atoms with Gasteiger partial charge in [-0.3, -0.25) is 0 Å². The number of allylic oxidation sites excluding steroid dienone is 1. The third-order valence-electron chi connectivity index (χ3n) is 7.07. The van der Waals surface area contributed by atoms with E-state index in [-0.39, 0.29) is 5.75 Å². The van der Waals surface area contributed by atoms with Crippen LogP contribution in [0.15, 0.2) is 53.6 Å². The number of amides is 2. The first kappa shape index (κ1) is 30.9. The molecule has 2 aromatic rings. The minimum atomic E-state index is -0.471. The first-order valence-corrected chi connectivity index (χ1v) is 15.7. The van der Waals surface area contributed by atoms with Crippen LogP contribution in [0, 0.1) is 5.82 Å². The number of para-hydroxylation sites is 2. The van der Waals surface area contributed by atoms with Gasteiger partial charge < -0.3 is 20.3 Å². The maximum atomic E-state index is 14.6. The van der Waals surface area contributed by atoms with Crippen molar-refractivity contribution < 1.29 is 13.9 Å². The van der Waals surface area contributed by atoms with Crippen molar-refractivity contribution in [2.75, 3.05) is 23.1 Å². The molecule has 1 aliphatic heterocycles. The van der Waals surface area contributed by atoms with Crippen LogP contribution in [0.1, 0.15) is 96.5 Å². The van der Waals surface area contributed by atoms with Crippen molar-refractivity contribution in [3.05, 3.63) is 65.0 Å². The van der Waals surface area contributed by atoms with E-state index in [2.05, 4.69) is 34.8 Å². The maximum Gasteiger partial charge on any atom is 0.323 e. The van der Waals surface area contributed by atoms with Crippen molar-refractivity contribution in [1.29, 1.82) is 0 Å². The third-order valence-corrected chi connectivity index (χ3v) is 8.04. The number of hydrogen-bond donors (Lipinski definition) is 2. The monoisotopic (exact) mass is 555 g/mol. The Morgan fingerprint density at radius 2 is 1.49 bits per heavy atom. The Hall–Kier alpha value is -2.67. The fourth-order valence-electron chi connectivity index (χ4n) is 4.73. The van der Waals surface area contributed by atoms with Crippen LogP contribution in [-0.2, 0) is 6.54 Å². The number of carbonyl (C=O) groups is 1. The minimum Gasteiger partial charge on any atom is -0.488 e. The molecule has 0 atom stereocenters. The molecule has 5 nitrogen and oxygen atoms in total. The zero-order valence-corrected chi connectivity index (χ0v) is 24.6. The van der Waals surface area contributed by atoms with Gasteiger partial charge in [0.05, 0.1) is 18.2 Å². The molecule has 39 heavy (non-hydrogen) atoms. The number of halogens is 1. The summed E-state index contributed by atoms with van der Waals surface area (Å²) in [6.45, 7) is 5.48. The van der Waals surface area contributed by atoms with Crippen LogP contribution >= 0.6 is 11.8 Å². The number of nitrogens with zero attached hydrogens (tertiary/aromatic N) is 1. The Bertz CT molecular complexity index is 1050. The zero-order chi connectivity index (χ0) is 27.7. The second-order valence-corrected chi connectivity index (χ2v) is 11.2. The van der Waals surface area contributed by atoms with Gasteiger partial charge in [0.25, 0.3) is 0 Å². The van der Waals surface area contributed by atoms with Crippen molar-refractivity contribution in [2.45, 2.75) is 97.4 Å². The Morgan fingerprint density at radius 1 is 0.872 bits per heavy atom. The summed E-state index contributed by atoms with van der Waals surface area (Å²) in [5, 5.41) is 7.86. The van der Waals surface area contributed by atoms with Gasteiger partial charge in [-0.15, -0.1) is 11.8 Å². The van der Waals surface area contributed by atoms with Crippen LogP contribution < -0.4 is 15.4 Å². The topological polar surface area (TPSA) is 53.6 Å². The Morgan fingerprint density at radius 3 is 2.15 bits per heavy atom. The van der Waals surface area contributed by atoms with Gasteiger partial charge in [-0.25, -0.2) is 9.18 Å². The second kappa shape index (κ2) is 17.8. The van der Waals surface area contributed by atoms with Gasteiger partial charge in [0.15, 0.2) is 11.6 Å². The lowest BCUT2D eigenvalue weighted by molar-refractivity contribution is 0.261. The molecule has 0 saturated carbocycles. The molecule has 0 spiro atoms. The fourth-order valence-corrected chi connectivity index (χ4v) is 5.67. The fraction of sp³-hybridized carbons (Fsp3) is 0.531. The van der Waals surface area contributed by atoms with Crippen LogP contribution in [0.2, 0.25) is 0 Å². The van der Waals surface area contributed by atoms with E-state index in [4.69, 9.17) is 4.74 Å². The molecule has 2 N–H and O–H groups in total. The number of nitrogens with one attached hydrogen (secondary N) is 2. The molecule has 0 unspecified atom stereocenters. The normalized spacial score (nSPS) is 12.9. The Kier molecular flexibility index (Phi) is 14.1. The highest BCUT2D eigenvalue weighted by atomic mass is 32.2. The summed E-state index contributed by atoms with van der Waals surface area (Å²) in [5.41, 5.74) is 3.30. The molecule has 0 radical (unpaired) electrons. The molecule has 1 heterocycles. The van der Waals surface area contributed by atoms with Crippen LogP contribution in [0.4, 0.5) is 20.6 Å². The van der Waals surface area contributed by atoms with Gasteiger partial charge >= 0.3 is 6.03 Å². The van der Waals surface area contributed by atoms with Crippen LogP contribution in [0.3, 0.4) is 0 Å². The molecule has 0 saturated heterocycles. The number of urea groups is 1. The van der Waals surface area contributed by atoms with E-state index < -0.39 is 11.8 Å². The predicted octanol–water partition coefficient (Wildman–Crippen LogP) is 9.92. The van der Waals surface area contributed by atoms with Gasteiger partial charge in [-0.2, -0.15) is 0 Å². The molecule has 214 valence electrons. The highest BCUT2D eigenvalue weighted by Crippen LogP contribution is 2.30. The molecule has 2 amide bonds. The smallest absolute Gasteiger partial charge is 0.323 e. The Labute approximate surface area is 239 Å². The number of anilines is 2. The lowest BCUT2D eigenvalue weighted by Crippen LogP contribution is -2.23. The molecule has 3 rings (SSSR count). The summed E-state index contributed by atoms with van der Waals surface area (Å²) in [4.78, 5) is 15.1. The molecule has 7 heteroatoms. The molecule has 0 aliphatic carbocycles. The molecule has 0 bridgehead atoms. The minimum absolute atomic E-state index is 0.0962. The number of rotatable bonds is 18. The molecular formula is C32H46FN3O2S. The van der Waals surface area contributed by atoms with Gasteiger partial charge in [0.2, 0.25) is 0 Å². The van der Waals surface area contributed by atoms with E-state index in [0.29, 0.717) is 18.8 Å². The summed E-state index contributed by atoms with van der Waals surface area (Å²) < 4.78 is 20.4. The lowest BCUT2D eigenvalue weighted by Gasteiger charge is -2.21. The summed E-state index contributed by atoms with van der Waals surface area (Å²) in [6.07, 6.45) is 15.1. The van der Waals surface area contributed by atoms with Gasteiger partial charge in [0, 0.05) is 17.9 Å². The van der Waals surface area contributed by atoms with E-state index in [1.54, 1.807) is 23.9 Å². The van der Waals surface area contributed by atoms with Crippen LogP contribution in [0.5, 0.6) is 5.75 Å². The average molecular weight is 556 g/mol. The third kappa shape index (κ3) is 11.1.